The Balaban J connectivity index is 1.67. The van der Waals surface area contributed by atoms with E-state index in [1.165, 1.54) is 12.8 Å². The van der Waals surface area contributed by atoms with Gasteiger partial charge in [0.25, 0.3) is 5.91 Å². The molecule has 152 valence electrons. The van der Waals surface area contributed by atoms with Crippen molar-refractivity contribution in [2.45, 2.75) is 39.2 Å². The largest absolute Gasteiger partial charge is 0.350 e. The van der Waals surface area contributed by atoms with Gasteiger partial charge in [-0.2, -0.15) is 5.10 Å². The highest BCUT2D eigenvalue weighted by molar-refractivity contribution is 6.07. The zero-order valence-electron chi connectivity index (χ0n) is 17.5. The second-order valence-electron chi connectivity index (χ2n) is 7.84. The molecule has 29 heavy (non-hydrogen) atoms. The fraction of sp³-hybridized carbons (Fsp3) is 0.435. The predicted octanol–water partition coefficient (Wildman–Crippen LogP) is 3.55. The van der Waals surface area contributed by atoms with Crippen LogP contribution in [0, 0.1) is 6.92 Å². The van der Waals surface area contributed by atoms with Crippen LogP contribution in [0.5, 0.6) is 0 Å². The van der Waals surface area contributed by atoms with Crippen molar-refractivity contribution in [2.75, 3.05) is 19.6 Å². The molecule has 1 unspecified atom stereocenters. The summed E-state index contributed by atoms with van der Waals surface area (Å²) in [5.74, 6) is -0.0525. The Kier molecular flexibility index (Phi) is 5.62. The molecular weight excluding hydrogens is 362 g/mol. The van der Waals surface area contributed by atoms with Crippen LogP contribution >= 0.6 is 0 Å². The van der Waals surface area contributed by atoms with Crippen molar-refractivity contribution in [3.8, 4) is 11.3 Å². The summed E-state index contributed by atoms with van der Waals surface area (Å²) in [6, 6.07) is 12.3. The Morgan fingerprint density at radius 3 is 2.62 bits per heavy atom. The van der Waals surface area contributed by atoms with Crippen molar-refractivity contribution in [1.82, 2.24) is 25.0 Å². The summed E-state index contributed by atoms with van der Waals surface area (Å²) in [4.78, 5) is 20.5. The minimum Gasteiger partial charge on any atom is -0.350 e. The third kappa shape index (κ3) is 3.90. The highest BCUT2D eigenvalue weighted by Gasteiger charge is 2.23. The number of carbonyl (C=O) groups is 1. The van der Waals surface area contributed by atoms with Gasteiger partial charge in [0.05, 0.1) is 22.3 Å². The fourth-order valence-electron chi connectivity index (χ4n) is 4.32. The number of rotatable bonds is 6. The Labute approximate surface area is 171 Å². The summed E-state index contributed by atoms with van der Waals surface area (Å²) in [6.45, 7) is 7.06. The highest BCUT2D eigenvalue weighted by Crippen LogP contribution is 2.27. The van der Waals surface area contributed by atoms with E-state index in [1.807, 2.05) is 50.4 Å². The van der Waals surface area contributed by atoms with E-state index in [-0.39, 0.29) is 5.91 Å². The molecule has 0 saturated carbocycles. The van der Waals surface area contributed by atoms with Gasteiger partial charge in [-0.05, 0) is 45.3 Å². The van der Waals surface area contributed by atoms with Crippen molar-refractivity contribution in [3.05, 3.63) is 47.7 Å². The van der Waals surface area contributed by atoms with Crippen molar-refractivity contribution in [3.63, 3.8) is 0 Å². The average Bonchev–Trinajstić information content (AvgIpc) is 3.37. The van der Waals surface area contributed by atoms with Crippen molar-refractivity contribution in [2.24, 2.45) is 7.05 Å². The molecule has 0 spiro atoms. The van der Waals surface area contributed by atoms with Crippen LogP contribution in [0.4, 0.5) is 0 Å². The molecule has 1 N–H and O–H groups in total. The number of amides is 1. The van der Waals surface area contributed by atoms with Gasteiger partial charge in [0.1, 0.15) is 0 Å². The standard InChI is InChI=1S/C23H29N5O/c1-4-18(28-12-8-9-13-28)15-24-23(29)19-14-20(17-10-6-5-7-11-17)25-22-21(19)16(2)26-27(22)3/h5-7,10-11,14,18H,4,8-9,12-13,15H2,1-3H3,(H,24,29). The number of fused-ring (bicyclic) bond motifs is 1. The van der Waals surface area contributed by atoms with Crippen LogP contribution in [0.25, 0.3) is 22.3 Å². The zero-order valence-corrected chi connectivity index (χ0v) is 17.5. The molecule has 6 nitrogen and oxygen atoms in total. The molecule has 6 heteroatoms. The Hall–Kier alpha value is -2.73. The number of hydrogen-bond acceptors (Lipinski definition) is 4. The number of likely N-dealkylation sites (tertiary alicyclic amines) is 1. The lowest BCUT2D eigenvalue weighted by Crippen LogP contribution is -2.42. The summed E-state index contributed by atoms with van der Waals surface area (Å²) in [6.07, 6.45) is 3.54. The molecule has 1 atom stereocenters. The molecule has 4 rings (SSSR count). The Morgan fingerprint density at radius 1 is 1.21 bits per heavy atom. The van der Waals surface area contributed by atoms with Gasteiger partial charge in [-0.3, -0.25) is 14.4 Å². The first-order valence-corrected chi connectivity index (χ1v) is 10.5. The third-order valence-corrected chi connectivity index (χ3v) is 5.91. The summed E-state index contributed by atoms with van der Waals surface area (Å²) >= 11 is 0. The monoisotopic (exact) mass is 391 g/mol. The maximum atomic E-state index is 13.2. The summed E-state index contributed by atoms with van der Waals surface area (Å²) in [7, 11) is 1.87. The van der Waals surface area contributed by atoms with Gasteiger partial charge in [-0.1, -0.05) is 37.3 Å². The molecule has 2 aromatic heterocycles. The normalized spacial score (nSPS) is 15.7. The topological polar surface area (TPSA) is 63.1 Å². The van der Waals surface area contributed by atoms with Crippen LogP contribution in [0.15, 0.2) is 36.4 Å². The average molecular weight is 392 g/mol. The van der Waals surface area contributed by atoms with Gasteiger partial charge in [0, 0.05) is 25.2 Å². The maximum Gasteiger partial charge on any atom is 0.252 e. The van der Waals surface area contributed by atoms with Gasteiger partial charge in [0.15, 0.2) is 5.65 Å². The van der Waals surface area contributed by atoms with E-state index in [9.17, 15) is 4.79 Å². The predicted molar refractivity (Wildman–Crippen MR) is 116 cm³/mol. The molecule has 1 aliphatic rings. The van der Waals surface area contributed by atoms with E-state index in [0.717, 1.165) is 47.5 Å². The molecule has 3 heterocycles. The number of benzene rings is 1. The van der Waals surface area contributed by atoms with Crippen LogP contribution in [-0.4, -0.2) is 51.2 Å². The Morgan fingerprint density at radius 2 is 1.93 bits per heavy atom. The SMILES string of the molecule is CCC(CNC(=O)c1cc(-c2ccccc2)nc2c1c(C)nn2C)N1CCCC1. The lowest BCUT2D eigenvalue weighted by atomic mass is 10.0. The number of carbonyl (C=O) groups excluding carboxylic acids is 1. The number of nitrogens with zero attached hydrogens (tertiary/aromatic N) is 4. The van der Waals surface area contributed by atoms with E-state index in [4.69, 9.17) is 4.98 Å². The minimum absolute atomic E-state index is 0.0525. The molecule has 1 aromatic carbocycles. The zero-order chi connectivity index (χ0) is 20.4. The van der Waals surface area contributed by atoms with Crippen LogP contribution in [0.1, 0.15) is 42.2 Å². The quantitative estimate of drug-likeness (QED) is 0.698. The van der Waals surface area contributed by atoms with E-state index in [1.54, 1.807) is 4.68 Å². The first kappa shape index (κ1) is 19.6. The van der Waals surface area contributed by atoms with Gasteiger partial charge >= 0.3 is 0 Å². The second-order valence-corrected chi connectivity index (χ2v) is 7.84. The molecule has 0 radical (unpaired) electrons. The first-order valence-electron chi connectivity index (χ1n) is 10.5. The van der Waals surface area contributed by atoms with Gasteiger partial charge in [0.2, 0.25) is 0 Å². The smallest absolute Gasteiger partial charge is 0.252 e. The minimum atomic E-state index is -0.0525. The van der Waals surface area contributed by atoms with Gasteiger partial charge in [-0.25, -0.2) is 4.98 Å². The summed E-state index contributed by atoms with van der Waals surface area (Å²) in [5, 5.41) is 8.53. The first-order chi connectivity index (χ1) is 14.1. The molecule has 1 fully saturated rings. The lowest BCUT2D eigenvalue weighted by molar-refractivity contribution is 0.0938. The fourth-order valence-corrected chi connectivity index (χ4v) is 4.32. The number of aromatic nitrogens is 3. The van der Waals surface area contributed by atoms with Crippen molar-refractivity contribution >= 4 is 16.9 Å². The van der Waals surface area contributed by atoms with Gasteiger partial charge < -0.3 is 5.32 Å². The molecular formula is C23H29N5O. The van der Waals surface area contributed by atoms with E-state index >= 15 is 0 Å². The Bertz CT molecular complexity index is 1010. The van der Waals surface area contributed by atoms with E-state index in [0.29, 0.717) is 18.2 Å². The maximum absolute atomic E-state index is 13.2. The van der Waals surface area contributed by atoms with Crippen LogP contribution < -0.4 is 5.32 Å². The van der Waals surface area contributed by atoms with E-state index in [2.05, 4.69) is 22.2 Å². The van der Waals surface area contributed by atoms with Crippen molar-refractivity contribution < 1.29 is 4.79 Å². The molecule has 1 amide bonds. The number of aryl methyl sites for hydroxylation is 2. The molecule has 1 aliphatic heterocycles. The molecule has 0 bridgehead atoms. The number of pyridine rings is 1. The lowest BCUT2D eigenvalue weighted by Gasteiger charge is -2.26. The van der Waals surface area contributed by atoms with Crippen molar-refractivity contribution in [1.29, 1.82) is 0 Å². The molecule has 1 saturated heterocycles. The number of hydrogen-bond donors (Lipinski definition) is 1. The van der Waals surface area contributed by atoms with Crippen LogP contribution in [0.3, 0.4) is 0 Å². The second kappa shape index (κ2) is 8.33. The summed E-state index contributed by atoms with van der Waals surface area (Å²) in [5.41, 5.74) is 3.99. The number of nitrogens with one attached hydrogen (secondary N) is 1. The molecule has 3 aromatic rings. The van der Waals surface area contributed by atoms with Crippen LogP contribution in [0.2, 0.25) is 0 Å². The molecule has 0 aliphatic carbocycles. The van der Waals surface area contributed by atoms with Gasteiger partial charge in [-0.15, -0.1) is 0 Å². The third-order valence-electron chi connectivity index (χ3n) is 5.91. The van der Waals surface area contributed by atoms with Crippen LogP contribution in [-0.2, 0) is 7.05 Å². The summed E-state index contributed by atoms with van der Waals surface area (Å²) < 4.78 is 1.76. The van der Waals surface area contributed by atoms with E-state index < -0.39 is 0 Å². The highest BCUT2D eigenvalue weighted by atomic mass is 16.1.